The Morgan fingerprint density at radius 3 is 2.67 bits per heavy atom. The number of benzene rings is 1. The molecule has 0 spiro atoms. The predicted octanol–water partition coefficient (Wildman–Crippen LogP) is 3.15. The molecule has 2 aromatic rings. The Balaban J connectivity index is 1.63. The van der Waals surface area contributed by atoms with E-state index < -0.39 is 0 Å². The second-order valence-electron chi connectivity index (χ2n) is 7.43. The molecule has 142 valence electrons. The molecule has 0 aliphatic carbocycles. The molecule has 6 heteroatoms. The lowest BCUT2D eigenvalue weighted by Crippen LogP contribution is -2.49. The number of likely N-dealkylation sites (tertiary alicyclic amines) is 1. The number of nitrogens with zero attached hydrogens (tertiary/aromatic N) is 2. The van der Waals surface area contributed by atoms with Gasteiger partial charge in [0.1, 0.15) is 0 Å². The fourth-order valence-corrected chi connectivity index (χ4v) is 4.47. The first-order chi connectivity index (χ1) is 13.1. The molecule has 1 amide bonds. The van der Waals surface area contributed by atoms with Gasteiger partial charge in [-0.1, -0.05) is 23.7 Å². The maximum atomic E-state index is 13.1. The first-order valence-corrected chi connectivity index (χ1v) is 9.71. The van der Waals surface area contributed by atoms with Crippen LogP contribution in [-0.4, -0.2) is 42.2 Å². The minimum Gasteiger partial charge on any atom is -0.384 e. The van der Waals surface area contributed by atoms with Crippen molar-refractivity contribution >= 4 is 17.5 Å². The van der Waals surface area contributed by atoms with Crippen molar-refractivity contribution in [1.29, 1.82) is 0 Å². The van der Waals surface area contributed by atoms with E-state index in [4.69, 9.17) is 16.3 Å². The zero-order chi connectivity index (χ0) is 19.0. The zero-order valence-corrected chi connectivity index (χ0v) is 16.1. The molecule has 0 N–H and O–H groups in total. The standard InChI is InChI=1S/C21H23ClN2O3/c1-27-9-8-20(25)23-11-14-10-16(13-23)19-7-6-18(21(26)24(19)12-14)15-2-4-17(22)5-3-15/h2-7,14,16H,8-13H2,1H3/t14-,16+/m0/s1. The van der Waals surface area contributed by atoms with Gasteiger partial charge in [0.2, 0.25) is 5.91 Å². The fourth-order valence-electron chi connectivity index (χ4n) is 4.35. The molecule has 2 aliphatic heterocycles. The average molecular weight is 387 g/mol. The van der Waals surface area contributed by atoms with Gasteiger partial charge in [-0.05, 0) is 42.2 Å². The number of piperidine rings is 1. The number of pyridine rings is 1. The highest BCUT2D eigenvalue weighted by molar-refractivity contribution is 6.30. The van der Waals surface area contributed by atoms with Crippen molar-refractivity contribution in [2.75, 3.05) is 26.8 Å². The lowest BCUT2D eigenvalue weighted by Gasteiger charge is -2.43. The Bertz CT molecular complexity index is 907. The van der Waals surface area contributed by atoms with Gasteiger partial charge in [0, 0.05) is 48.9 Å². The largest absolute Gasteiger partial charge is 0.384 e. The number of carbonyl (C=O) groups is 1. The van der Waals surface area contributed by atoms with Crippen LogP contribution in [0, 0.1) is 5.92 Å². The molecule has 3 heterocycles. The highest BCUT2D eigenvalue weighted by Gasteiger charge is 2.36. The smallest absolute Gasteiger partial charge is 0.258 e. The van der Waals surface area contributed by atoms with Gasteiger partial charge < -0.3 is 14.2 Å². The van der Waals surface area contributed by atoms with Crippen LogP contribution in [0.1, 0.15) is 24.5 Å². The summed E-state index contributed by atoms with van der Waals surface area (Å²) < 4.78 is 6.95. The molecule has 1 aromatic heterocycles. The number of fused-ring (bicyclic) bond motifs is 4. The second-order valence-corrected chi connectivity index (χ2v) is 7.87. The summed E-state index contributed by atoms with van der Waals surface area (Å²) >= 11 is 5.97. The molecule has 2 aliphatic rings. The maximum absolute atomic E-state index is 13.1. The molecule has 1 fully saturated rings. The van der Waals surface area contributed by atoms with E-state index in [-0.39, 0.29) is 17.4 Å². The number of amides is 1. The minimum atomic E-state index is 0.0451. The number of carbonyl (C=O) groups excluding carboxylic acids is 1. The quantitative estimate of drug-likeness (QED) is 0.811. The number of hydrogen-bond acceptors (Lipinski definition) is 3. The highest BCUT2D eigenvalue weighted by atomic mass is 35.5. The van der Waals surface area contributed by atoms with Crippen LogP contribution in [0.2, 0.25) is 5.02 Å². The summed E-state index contributed by atoms with van der Waals surface area (Å²) in [4.78, 5) is 27.5. The average Bonchev–Trinajstić information content (AvgIpc) is 2.67. The summed E-state index contributed by atoms with van der Waals surface area (Å²) in [7, 11) is 1.61. The van der Waals surface area contributed by atoms with E-state index in [1.54, 1.807) is 19.2 Å². The molecular formula is C21H23ClN2O3. The third-order valence-electron chi connectivity index (χ3n) is 5.63. The van der Waals surface area contributed by atoms with Gasteiger partial charge in [0.25, 0.3) is 5.56 Å². The molecule has 0 radical (unpaired) electrons. The van der Waals surface area contributed by atoms with Crippen molar-refractivity contribution in [2.45, 2.75) is 25.3 Å². The van der Waals surface area contributed by atoms with Crippen molar-refractivity contribution in [3.63, 3.8) is 0 Å². The van der Waals surface area contributed by atoms with Crippen molar-refractivity contribution in [3.05, 3.63) is 57.5 Å². The number of ether oxygens (including phenoxy) is 1. The molecule has 1 saturated heterocycles. The lowest BCUT2D eigenvalue weighted by molar-refractivity contribution is -0.134. The third kappa shape index (κ3) is 3.54. The molecule has 0 saturated carbocycles. The Morgan fingerprint density at radius 2 is 1.93 bits per heavy atom. The Labute approximate surface area is 163 Å². The molecule has 27 heavy (non-hydrogen) atoms. The number of halogens is 1. The zero-order valence-electron chi connectivity index (χ0n) is 15.4. The van der Waals surface area contributed by atoms with E-state index in [0.717, 1.165) is 24.2 Å². The van der Waals surface area contributed by atoms with Gasteiger partial charge in [-0.3, -0.25) is 9.59 Å². The molecule has 4 rings (SSSR count). The second kappa shape index (κ2) is 7.49. The van der Waals surface area contributed by atoms with E-state index in [9.17, 15) is 9.59 Å². The monoisotopic (exact) mass is 386 g/mol. The molecule has 2 bridgehead atoms. The van der Waals surface area contributed by atoms with E-state index in [2.05, 4.69) is 6.07 Å². The summed E-state index contributed by atoms with van der Waals surface area (Å²) in [6, 6.07) is 11.3. The summed E-state index contributed by atoms with van der Waals surface area (Å²) in [5, 5.41) is 0.657. The Kier molecular flexibility index (Phi) is 5.06. The summed E-state index contributed by atoms with van der Waals surface area (Å²) in [5.74, 6) is 0.678. The minimum absolute atomic E-state index is 0.0451. The fraction of sp³-hybridized carbons (Fsp3) is 0.429. The van der Waals surface area contributed by atoms with Crippen LogP contribution in [0.3, 0.4) is 0 Å². The predicted molar refractivity (Wildman–Crippen MR) is 105 cm³/mol. The first kappa shape index (κ1) is 18.3. The van der Waals surface area contributed by atoms with Gasteiger partial charge in [-0.15, -0.1) is 0 Å². The molecule has 5 nitrogen and oxygen atoms in total. The normalized spacial score (nSPS) is 21.0. The Morgan fingerprint density at radius 1 is 1.15 bits per heavy atom. The van der Waals surface area contributed by atoms with E-state index >= 15 is 0 Å². The van der Waals surface area contributed by atoms with Crippen LogP contribution in [0.15, 0.2) is 41.2 Å². The van der Waals surface area contributed by atoms with Crippen molar-refractivity contribution in [2.24, 2.45) is 5.92 Å². The molecule has 0 unspecified atom stereocenters. The van der Waals surface area contributed by atoms with Crippen LogP contribution in [-0.2, 0) is 16.1 Å². The van der Waals surface area contributed by atoms with E-state index in [1.165, 1.54) is 0 Å². The summed E-state index contributed by atoms with van der Waals surface area (Å²) in [6.07, 6.45) is 1.45. The SMILES string of the molecule is COCCC(=O)N1C[C@@H]2C[C@H](C1)c1ccc(-c3ccc(Cl)cc3)c(=O)n1C2. The van der Waals surface area contributed by atoms with E-state index in [0.29, 0.717) is 42.6 Å². The molecule has 1 aromatic carbocycles. The van der Waals surface area contributed by atoms with Crippen LogP contribution in [0.5, 0.6) is 0 Å². The van der Waals surface area contributed by atoms with Crippen molar-refractivity contribution < 1.29 is 9.53 Å². The molecule has 2 atom stereocenters. The van der Waals surface area contributed by atoms with Crippen LogP contribution in [0.4, 0.5) is 0 Å². The van der Waals surface area contributed by atoms with E-state index in [1.807, 2.05) is 27.7 Å². The Hall–Kier alpha value is -2.11. The van der Waals surface area contributed by atoms with Crippen molar-refractivity contribution in [1.82, 2.24) is 9.47 Å². The van der Waals surface area contributed by atoms with Crippen LogP contribution < -0.4 is 5.56 Å². The first-order valence-electron chi connectivity index (χ1n) is 9.33. The van der Waals surface area contributed by atoms with Gasteiger partial charge in [0.05, 0.1) is 13.0 Å². The summed E-state index contributed by atoms with van der Waals surface area (Å²) in [6.45, 7) is 2.51. The number of methoxy groups -OCH3 is 1. The van der Waals surface area contributed by atoms with Crippen LogP contribution >= 0.6 is 11.6 Å². The van der Waals surface area contributed by atoms with Crippen LogP contribution in [0.25, 0.3) is 11.1 Å². The summed E-state index contributed by atoms with van der Waals surface area (Å²) in [5.41, 5.74) is 2.66. The van der Waals surface area contributed by atoms with Gasteiger partial charge in [-0.2, -0.15) is 0 Å². The highest BCUT2D eigenvalue weighted by Crippen LogP contribution is 2.36. The lowest BCUT2D eigenvalue weighted by atomic mass is 9.82. The number of rotatable bonds is 4. The topological polar surface area (TPSA) is 51.5 Å². The number of aromatic nitrogens is 1. The van der Waals surface area contributed by atoms with Gasteiger partial charge in [0.15, 0.2) is 0 Å². The molecular weight excluding hydrogens is 364 g/mol. The van der Waals surface area contributed by atoms with Gasteiger partial charge in [-0.25, -0.2) is 0 Å². The number of hydrogen-bond donors (Lipinski definition) is 0. The maximum Gasteiger partial charge on any atom is 0.258 e. The van der Waals surface area contributed by atoms with Crippen molar-refractivity contribution in [3.8, 4) is 11.1 Å². The van der Waals surface area contributed by atoms with Gasteiger partial charge >= 0.3 is 0 Å². The third-order valence-corrected chi connectivity index (χ3v) is 5.88.